The number of hydrogen-bond acceptors (Lipinski definition) is 4. The molecule has 1 fully saturated rings. The van der Waals surface area contributed by atoms with Gasteiger partial charge in [0.15, 0.2) is 0 Å². The number of nitrogens with zero attached hydrogens (tertiary/aromatic N) is 2. The van der Waals surface area contributed by atoms with Gasteiger partial charge in [0.1, 0.15) is 0 Å². The minimum atomic E-state index is -0.0905. The maximum atomic E-state index is 12.4. The van der Waals surface area contributed by atoms with Crippen molar-refractivity contribution in [2.75, 3.05) is 35.2 Å². The number of rotatable bonds is 5. The minimum Gasteiger partial charge on any atom is -0.376 e. The van der Waals surface area contributed by atoms with E-state index in [0.29, 0.717) is 0 Å². The summed E-state index contributed by atoms with van der Waals surface area (Å²) in [4.78, 5) is 19.2. The first kappa shape index (κ1) is 18.3. The van der Waals surface area contributed by atoms with Gasteiger partial charge in [-0.3, -0.25) is 9.78 Å². The summed E-state index contributed by atoms with van der Waals surface area (Å²) >= 11 is 0. The largest absolute Gasteiger partial charge is 0.376 e. The molecule has 1 saturated heterocycles. The zero-order valence-corrected chi connectivity index (χ0v) is 16.2. The van der Waals surface area contributed by atoms with E-state index in [1.807, 2.05) is 42.5 Å². The summed E-state index contributed by atoms with van der Waals surface area (Å²) in [7, 11) is 0. The summed E-state index contributed by atoms with van der Waals surface area (Å²) in [6.45, 7) is 4.78. The lowest BCUT2D eigenvalue weighted by Gasteiger charge is -2.32. The van der Waals surface area contributed by atoms with E-state index in [1.54, 1.807) is 6.20 Å². The maximum Gasteiger partial charge on any atom is 0.243 e. The lowest BCUT2D eigenvalue weighted by molar-refractivity contribution is -0.114. The van der Waals surface area contributed by atoms with Crippen LogP contribution < -0.4 is 15.5 Å². The zero-order valence-electron chi connectivity index (χ0n) is 16.2. The Kier molecular flexibility index (Phi) is 5.42. The average Bonchev–Trinajstić information content (AvgIpc) is 2.74. The number of benzene rings is 2. The Bertz CT molecular complexity index is 941. The second-order valence-electron chi connectivity index (χ2n) is 7.50. The summed E-state index contributed by atoms with van der Waals surface area (Å²) in [5.74, 6) is 0.736. The monoisotopic (exact) mass is 374 g/mol. The van der Waals surface area contributed by atoms with Crippen molar-refractivity contribution in [2.24, 2.45) is 5.92 Å². The molecule has 0 unspecified atom stereocenters. The number of carbonyl (C=O) groups is 1. The van der Waals surface area contributed by atoms with Crippen LogP contribution >= 0.6 is 0 Å². The summed E-state index contributed by atoms with van der Waals surface area (Å²) < 4.78 is 0. The first-order valence-electron chi connectivity index (χ1n) is 9.91. The predicted molar refractivity (Wildman–Crippen MR) is 116 cm³/mol. The van der Waals surface area contributed by atoms with Crippen LogP contribution in [0, 0.1) is 5.92 Å². The molecule has 1 aliphatic heterocycles. The molecular weight excluding hydrogens is 348 g/mol. The molecule has 0 bridgehead atoms. The Morgan fingerprint density at radius 1 is 1.07 bits per heavy atom. The molecular formula is C23H26N4O. The lowest BCUT2D eigenvalue weighted by Crippen LogP contribution is -2.32. The second kappa shape index (κ2) is 8.30. The van der Waals surface area contributed by atoms with E-state index in [1.165, 1.54) is 18.5 Å². The fourth-order valence-corrected chi connectivity index (χ4v) is 3.64. The van der Waals surface area contributed by atoms with Crippen LogP contribution in [-0.4, -0.2) is 30.5 Å². The topological polar surface area (TPSA) is 57.3 Å². The number of nitrogens with one attached hydrogen (secondary N) is 2. The molecule has 28 heavy (non-hydrogen) atoms. The number of fused-ring (bicyclic) bond motifs is 1. The van der Waals surface area contributed by atoms with E-state index in [-0.39, 0.29) is 12.5 Å². The third-order valence-electron chi connectivity index (χ3n) is 5.38. The molecule has 2 aromatic carbocycles. The number of amides is 1. The molecule has 1 aromatic heterocycles. The summed E-state index contributed by atoms with van der Waals surface area (Å²) in [5, 5.41) is 7.16. The predicted octanol–water partition coefficient (Wildman–Crippen LogP) is 4.52. The van der Waals surface area contributed by atoms with Crippen LogP contribution in [0.4, 0.5) is 17.1 Å². The van der Waals surface area contributed by atoms with Gasteiger partial charge >= 0.3 is 0 Å². The number of carbonyl (C=O) groups excluding carboxylic acids is 1. The van der Waals surface area contributed by atoms with E-state index in [4.69, 9.17) is 0 Å². The zero-order chi connectivity index (χ0) is 19.3. The van der Waals surface area contributed by atoms with Crippen LogP contribution in [0.1, 0.15) is 19.8 Å². The van der Waals surface area contributed by atoms with E-state index >= 15 is 0 Å². The highest BCUT2D eigenvalue weighted by molar-refractivity contribution is 6.01. The molecule has 0 atom stereocenters. The number of anilines is 3. The smallest absolute Gasteiger partial charge is 0.243 e. The van der Waals surface area contributed by atoms with Gasteiger partial charge in [-0.2, -0.15) is 0 Å². The first-order chi connectivity index (χ1) is 13.7. The summed E-state index contributed by atoms with van der Waals surface area (Å²) in [6.07, 6.45) is 4.24. The van der Waals surface area contributed by atoms with Crippen LogP contribution in [-0.2, 0) is 4.79 Å². The normalized spacial score (nSPS) is 14.8. The molecule has 1 aliphatic rings. The fourth-order valence-electron chi connectivity index (χ4n) is 3.64. The highest BCUT2D eigenvalue weighted by Gasteiger charge is 2.15. The molecule has 5 nitrogen and oxygen atoms in total. The van der Waals surface area contributed by atoms with Crippen LogP contribution in [0.3, 0.4) is 0 Å². The molecule has 5 heteroatoms. The standard InChI is InChI=1S/C23H26N4O/c1-17-11-14-27(15-12-17)20-9-7-19(8-10-20)25-16-22(28)26-21-6-2-4-18-5-3-13-24-23(18)21/h2-10,13,17,25H,11-12,14-16H2,1H3,(H,26,28). The van der Waals surface area contributed by atoms with Crippen LogP contribution in [0.15, 0.2) is 60.8 Å². The number of hydrogen-bond donors (Lipinski definition) is 2. The Hall–Kier alpha value is -3.08. The highest BCUT2D eigenvalue weighted by atomic mass is 16.1. The first-order valence-corrected chi connectivity index (χ1v) is 9.91. The third-order valence-corrected chi connectivity index (χ3v) is 5.38. The van der Waals surface area contributed by atoms with E-state index in [0.717, 1.165) is 41.3 Å². The highest BCUT2D eigenvalue weighted by Crippen LogP contribution is 2.24. The van der Waals surface area contributed by atoms with Gasteiger partial charge in [0.2, 0.25) is 5.91 Å². The Morgan fingerprint density at radius 3 is 2.61 bits per heavy atom. The van der Waals surface area contributed by atoms with Crippen molar-refractivity contribution in [3.05, 3.63) is 60.8 Å². The van der Waals surface area contributed by atoms with Crippen LogP contribution in [0.25, 0.3) is 10.9 Å². The van der Waals surface area contributed by atoms with Gasteiger partial charge in [-0.1, -0.05) is 25.1 Å². The molecule has 0 radical (unpaired) electrons. The van der Waals surface area contributed by atoms with Crippen molar-refractivity contribution in [1.82, 2.24) is 4.98 Å². The summed E-state index contributed by atoms with van der Waals surface area (Å²) in [5.41, 5.74) is 3.74. The SMILES string of the molecule is CC1CCN(c2ccc(NCC(=O)Nc3cccc4cccnc34)cc2)CC1. The molecule has 4 rings (SSSR count). The molecule has 2 N–H and O–H groups in total. The Morgan fingerprint density at radius 2 is 1.82 bits per heavy atom. The molecule has 0 saturated carbocycles. The third kappa shape index (κ3) is 4.25. The van der Waals surface area contributed by atoms with Crippen LogP contribution in [0.5, 0.6) is 0 Å². The molecule has 144 valence electrons. The maximum absolute atomic E-state index is 12.4. The quantitative estimate of drug-likeness (QED) is 0.689. The van der Waals surface area contributed by atoms with Crippen molar-refractivity contribution in [1.29, 1.82) is 0 Å². The number of pyridine rings is 1. The van der Waals surface area contributed by atoms with Crippen molar-refractivity contribution in [3.63, 3.8) is 0 Å². The average molecular weight is 374 g/mol. The van der Waals surface area contributed by atoms with Gasteiger partial charge in [0.05, 0.1) is 17.7 Å². The molecule has 0 aliphatic carbocycles. The fraction of sp³-hybridized carbons (Fsp3) is 0.304. The Balaban J connectivity index is 1.33. The molecule has 1 amide bonds. The van der Waals surface area contributed by atoms with Crippen LogP contribution in [0.2, 0.25) is 0 Å². The van der Waals surface area contributed by atoms with Gasteiger partial charge in [-0.05, 0) is 55.2 Å². The Labute approximate surface area is 165 Å². The molecule has 3 aromatic rings. The van der Waals surface area contributed by atoms with E-state index in [2.05, 4.69) is 39.6 Å². The molecule has 0 spiro atoms. The van der Waals surface area contributed by atoms with E-state index < -0.39 is 0 Å². The second-order valence-corrected chi connectivity index (χ2v) is 7.50. The van der Waals surface area contributed by atoms with Crippen molar-refractivity contribution in [2.45, 2.75) is 19.8 Å². The number of aromatic nitrogens is 1. The minimum absolute atomic E-state index is 0.0905. The van der Waals surface area contributed by atoms with Gasteiger partial charge in [0.25, 0.3) is 0 Å². The van der Waals surface area contributed by atoms with Gasteiger partial charge in [-0.25, -0.2) is 0 Å². The number of para-hydroxylation sites is 1. The summed E-state index contributed by atoms with van der Waals surface area (Å²) in [6, 6.07) is 18.0. The van der Waals surface area contributed by atoms with Gasteiger partial charge < -0.3 is 15.5 Å². The van der Waals surface area contributed by atoms with Gasteiger partial charge in [0, 0.05) is 36.0 Å². The lowest BCUT2D eigenvalue weighted by atomic mass is 9.99. The van der Waals surface area contributed by atoms with Crippen molar-refractivity contribution in [3.8, 4) is 0 Å². The molecule has 2 heterocycles. The number of piperidine rings is 1. The van der Waals surface area contributed by atoms with Gasteiger partial charge in [-0.15, -0.1) is 0 Å². The van der Waals surface area contributed by atoms with Crippen molar-refractivity contribution < 1.29 is 4.79 Å². The van der Waals surface area contributed by atoms with Crippen molar-refractivity contribution >= 4 is 33.9 Å². The van der Waals surface area contributed by atoms with E-state index in [9.17, 15) is 4.79 Å².